The second-order valence-electron chi connectivity index (χ2n) is 7.22. The van der Waals surface area contributed by atoms with Crippen LogP contribution in [0.3, 0.4) is 0 Å². The van der Waals surface area contributed by atoms with E-state index < -0.39 is 12.7 Å². The minimum Gasteiger partial charge on any atom is -0.497 e. The molecule has 0 bridgehead atoms. The van der Waals surface area contributed by atoms with E-state index in [9.17, 15) is 13.2 Å². The summed E-state index contributed by atoms with van der Waals surface area (Å²) in [4.78, 5) is 10.2. The van der Waals surface area contributed by atoms with Crippen molar-refractivity contribution in [3.8, 4) is 5.75 Å². The van der Waals surface area contributed by atoms with Gasteiger partial charge in [0.1, 0.15) is 24.8 Å². The van der Waals surface area contributed by atoms with Crippen LogP contribution in [0.1, 0.15) is 11.1 Å². The second kappa shape index (κ2) is 9.68. The molecule has 172 valence electrons. The zero-order chi connectivity index (χ0) is 23.4. The number of ether oxygens (including phenoxy) is 2. The Balaban J connectivity index is 1.76. The molecule has 1 aliphatic rings. The summed E-state index contributed by atoms with van der Waals surface area (Å²) in [6.45, 7) is -0.808. The molecule has 1 aromatic heterocycles. The van der Waals surface area contributed by atoms with Crippen LogP contribution < -0.4 is 15.0 Å². The summed E-state index contributed by atoms with van der Waals surface area (Å²) in [6, 6.07) is 14.5. The van der Waals surface area contributed by atoms with Crippen molar-refractivity contribution < 1.29 is 22.6 Å². The molecule has 0 fully saturated rings. The number of alkyl halides is 3. The van der Waals surface area contributed by atoms with Crippen LogP contribution in [0.2, 0.25) is 5.02 Å². The summed E-state index contributed by atoms with van der Waals surface area (Å²) >= 11 is 6.02. The first-order valence-electron chi connectivity index (χ1n) is 9.96. The topological polar surface area (TPSA) is 59.5 Å². The van der Waals surface area contributed by atoms with Crippen molar-refractivity contribution in [3.05, 3.63) is 70.9 Å². The predicted molar refractivity (Wildman–Crippen MR) is 122 cm³/mol. The monoisotopic (exact) mass is 476 g/mol. The van der Waals surface area contributed by atoms with Crippen LogP contribution in [0.5, 0.6) is 5.75 Å². The molecule has 2 aromatic carbocycles. The van der Waals surface area contributed by atoms with Gasteiger partial charge in [-0.2, -0.15) is 18.2 Å². The van der Waals surface area contributed by atoms with E-state index >= 15 is 0 Å². The molecule has 0 amide bonds. The van der Waals surface area contributed by atoms with Gasteiger partial charge < -0.3 is 19.7 Å². The quantitative estimate of drug-likeness (QED) is 0.504. The van der Waals surface area contributed by atoms with Crippen LogP contribution in [0.4, 0.5) is 30.6 Å². The molecule has 0 atom stereocenters. The van der Waals surface area contributed by atoms with Gasteiger partial charge in [-0.25, -0.2) is 4.98 Å². The SMILES string of the molecule is COc1ccc(/C2=C/c3cnc(NCC(F)(F)F)nc3N(c3ccc(Cl)cc3)COC2)cc1. The molecule has 0 saturated heterocycles. The van der Waals surface area contributed by atoms with Crippen LogP contribution in [-0.4, -0.2) is 43.1 Å². The maximum atomic E-state index is 12.7. The summed E-state index contributed by atoms with van der Waals surface area (Å²) in [5.41, 5.74) is 3.15. The molecular formula is C23H20ClF3N4O2. The molecule has 0 spiro atoms. The van der Waals surface area contributed by atoms with Gasteiger partial charge in [-0.3, -0.25) is 0 Å². The number of rotatable bonds is 5. The Morgan fingerprint density at radius 2 is 1.85 bits per heavy atom. The number of nitrogens with zero attached hydrogens (tertiary/aromatic N) is 3. The van der Waals surface area contributed by atoms with Gasteiger partial charge in [-0.15, -0.1) is 0 Å². The molecule has 0 saturated carbocycles. The molecular weight excluding hydrogens is 457 g/mol. The normalized spacial score (nSPS) is 15.7. The average Bonchev–Trinajstić information content (AvgIpc) is 2.79. The van der Waals surface area contributed by atoms with Crippen molar-refractivity contribution in [1.29, 1.82) is 0 Å². The van der Waals surface area contributed by atoms with Crippen LogP contribution in [0, 0.1) is 0 Å². The lowest BCUT2D eigenvalue weighted by Gasteiger charge is -2.28. The molecule has 1 aliphatic heterocycles. The highest BCUT2D eigenvalue weighted by Crippen LogP contribution is 2.33. The van der Waals surface area contributed by atoms with E-state index in [2.05, 4.69) is 15.3 Å². The molecule has 0 radical (unpaired) electrons. The molecule has 2 heterocycles. The van der Waals surface area contributed by atoms with E-state index in [1.165, 1.54) is 6.20 Å². The van der Waals surface area contributed by atoms with Gasteiger partial charge in [0.15, 0.2) is 0 Å². The lowest BCUT2D eigenvalue weighted by molar-refractivity contribution is -0.115. The highest BCUT2D eigenvalue weighted by atomic mass is 35.5. The van der Waals surface area contributed by atoms with Crippen molar-refractivity contribution in [1.82, 2.24) is 9.97 Å². The zero-order valence-corrected chi connectivity index (χ0v) is 18.3. The number of hydrogen-bond acceptors (Lipinski definition) is 6. The van der Waals surface area contributed by atoms with E-state index in [4.69, 9.17) is 21.1 Å². The Labute approximate surface area is 193 Å². The highest BCUT2D eigenvalue weighted by Gasteiger charge is 2.27. The third-order valence-corrected chi connectivity index (χ3v) is 5.16. The Hall–Kier alpha value is -3.30. The number of methoxy groups -OCH3 is 1. The third kappa shape index (κ3) is 5.74. The maximum absolute atomic E-state index is 12.7. The summed E-state index contributed by atoms with van der Waals surface area (Å²) < 4.78 is 49.2. The van der Waals surface area contributed by atoms with Crippen LogP contribution in [-0.2, 0) is 4.74 Å². The van der Waals surface area contributed by atoms with Gasteiger partial charge in [0, 0.05) is 22.5 Å². The largest absolute Gasteiger partial charge is 0.497 e. The maximum Gasteiger partial charge on any atom is 0.405 e. The van der Waals surface area contributed by atoms with E-state index in [0.717, 1.165) is 22.6 Å². The molecule has 6 nitrogen and oxygen atoms in total. The fraction of sp³-hybridized carbons (Fsp3) is 0.217. The zero-order valence-electron chi connectivity index (χ0n) is 17.6. The molecule has 4 rings (SSSR count). The van der Waals surface area contributed by atoms with Crippen molar-refractivity contribution in [3.63, 3.8) is 0 Å². The van der Waals surface area contributed by atoms with Gasteiger partial charge in [-0.1, -0.05) is 23.7 Å². The summed E-state index contributed by atoms with van der Waals surface area (Å²) in [7, 11) is 1.59. The summed E-state index contributed by atoms with van der Waals surface area (Å²) in [6.07, 6.45) is -1.03. The van der Waals surface area contributed by atoms with Crippen molar-refractivity contribution in [2.24, 2.45) is 0 Å². The number of halogens is 4. The smallest absolute Gasteiger partial charge is 0.405 e. The van der Waals surface area contributed by atoms with Crippen LogP contribution in [0.15, 0.2) is 54.7 Å². The number of anilines is 3. The van der Waals surface area contributed by atoms with E-state index in [0.29, 0.717) is 23.0 Å². The number of fused-ring (bicyclic) bond motifs is 1. The standard InChI is InChI=1S/C23H20ClF3N4O2/c1-32-20-8-2-15(3-9-20)17-10-16-11-28-22(29-13-23(25,26)27)30-21(16)31(14-33-12-17)19-6-4-18(24)5-7-19/h2-11H,12-14H2,1H3,(H,28,29,30)/b17-10+. The van der Waals surface area contributed by atoms with Crippen molar-refractivity contribution in [2.45, 2.75) is 6.18 Å². The molecule has 10 heteroatoms. The lowest BCUT2D eigenvalue weighted by Crippen LogP contribution is -2.26. The van der Waals surface area contributed by atoms with Crippen LogP contribution in [0.25, 0.3) is 11.6 Å². The molecule has 33 heavy (non-hydrogen) atoms. The van der Waals surface area contributed by atoms with Gasteiger partial charge in [0.2, 0.25) is 5.95 Å². The van der Waals surface area contributed by atoms with Gasteiger partial charge in [-0.05, 0) is 53.6 Å². The van der Waals surface area contributed by atoms with Crippen LogP contribution >= 0.6 is 11.6 Å². The molecule has 0 unspecified atom stereocenters. The predicted octanol–water partition coefficient (Wildman–Crippen LogP) is 5.78. The first kappa shape index (κ1) is 22.9. The Kier molecular flexibility index (Phi) is 6.71. The average molecular weight is 477 g/mol. The molecule has 3 aromatic rings. The Morgan fingerprint density at radius 3 is 2.52 bits per heavy atom. The molecule has 1 N–H and O–H groups in total. The first-order valence-corrected chi connectivity index (χ1v) is 10.3. The number of aromatic nitrogens is 2. The number of hydrogen-bond donors (Lipinski definition) is 1. The Morgan fingerprint density at radius 1 is 1.12 bits per heavy atom. The van der Waals surface area contributed by atoms with E-state index in [1.807, 2.05) is 30.3 Å². The van der Waals surface area contributed by atoms with E-state index in [-0.39, 0.29) is 12.7 Å². The number of nitrogens with one attached hydrogen (secondary N) is 1. The van der Waals surface area contributed by atoms with Gasteiger partial charge in [0.05, 0.1) is 13.7 Å². The number of benzene rings is 2. The first-order chi connectivity index (χ1) is 15.8. The Bertz CT molecular complexity index is 1140. The summed E-state index contributed by atoms with van der Waals surface area (Å²) in [5.74, 6) is 0.997. The second-order valence-corrected chi connectivity index (χ2v) is 7.66. The third-order valence-electron chi connectivity index (χ3n) is 4.91. The van der Waals surface area contributed by atoms with Gasteiger partial charge >= 0.3 is 6.18 Å². The minimum absolute atomic E-state index is 0.123. The van der Waals surface area contributed by atoms with Crippen molar-refractivity contribution >= 4 is 40.7 Å². The van der Waals surface area contributed by atoms with Gasteiger partial charge in [0.25, 0.3) is 0 Å². The molecule has 0 aliphatic carbocycles. The van der Waals surface area contributed by atoms with E-state index in [1.54, 1.807) is 36.3 Å². The lowest BCUT2D eigenvalue weighted by atomic mass is 10.0. The fourth-order valence-corrected chi connectivity index (χ4v) is 3.42. The summed E-state index contributed by atoms with van der Waals surface area (Å²) in [5, 5.41) is 2.80. The highest BCUT2D eigenvalue weighted by molar-refractivity contribution is 6.30. The minimum atomic E-state index is -4.39. The van der Waals surface area contributed by atoms with Crippen molar-refractivity contribution in [2.75, 3.05) is 37.2 Å². The fourth-order valence-electron chi connectivity index (χ4n) is 3.29.